The fourth-order valence-corrected chi connectivity index (χ4v) is 5.15. The van der Waals surface area contributed by atoms with Crippen LogP contribution in [0.5, 0.6) is 0 Å². The normalized spacial score (nSPS) is 16.5. The van der Waals surface area contributed by atoms with Gasteiger partial charge in [0.1, 0.15) is 11.6 Å². The first-order valence-electron chi connectivity index (χ1n) is 11.5. The summed E-state index contributed by atoms with van der Waals surface area (Å²) in [5.41, 5.74) is 1.51. The highest BCUT2D eigenvalue weighted by atomic mass is 32.2. The lowest BCUT2D eigenvalue weighted by molar-refractivity contribution is -0.118. The third-order valence-electron chi connectivity index (χ3n) is 5.58. The fraction of sp³-hybridized carbons (Fsp3) is 0.625. The summed E-state index contributed by atoms with van der Waals surface area (Å²) >= 11 is 3.09. The molecule has 0 radical (unpaired) electrons. The molecule has 2 amide bonds. The summed E-state index contributed by atoms with van der Waals surface area (Å²) in [6.07, 6.45) is 4.40. The van der Waals surface area contributed by atoms with Gasteiger partial charge in [-0.25, -0.2) is 9.78 Å². The van der Waals surface area contributed by atoms with Crippen LogP contribution in [0, 0.1) is 5.92 Å². The van der Waals surface area contributed by atoms with Crippen molar-refractivity contribution < 1.29 is 14.3 Å². The summed E-state index contributed by atoms with van der Waals surface area (Å²) < 4.78 is 6.37. The highest BCUT2D eigenvalue weighted by Crippen LogP contribution is 2.28. The summed E-state index contributed by atoms with van der Waals surface area (Å²) in [6, 6.07) is 5.63. The first-order chi connectivity index (χ1) is 15.6. The Bertz CT molecular complexity index is 949. The Hall–Kier alpha value is -1.84. The molecule has 3 rings (SSSR count). The van der Waals surface area contributed by atoms with Gasteiger partial charge in [0.05, 0.1) is 10.2 Å². The van der Waals surface area contributed by atoms with Gasteiger partial charge in [-0.1, -0.05) is 24.3 Å². The minimum atomic E-state index is -0.684. The highest BCUT2D eigenvalue weighted by molar-refractivity contribution is 7.98. The highest BCUT2D eigenvalue weighted by Gasteiger charge is 2.25. The summed E-state index contributed by atoms with van der Waals surface area (Å²) in [6.45, 7) is 10.9. The van der Waals surface area contributed by atoms with Gasteiger partial charge in [-0.2, -0.15) is 11.8 Å². The van der Waals surface area contributed by atoms with Crippen LogP contribution in [0.15, 0.2) is 18.2 Å². The number of fused-ring (bicyclic) bond motifs is 1. The molecule has 7 nitrogen and oxygen atoms in total. The van der Waals surface area contributed by atoms with Crippen LogP contribution in [0.4, 0.5) is 9.93 Å². The maximum Gasteiger partial charge on any atom is 0.408 e. The van der Waals surface area contributed by atoms with Crippen molar-refractivity contribution in [3.63, 3.8) is 0 Å². The van der Waals surface area contributed by atoms with E-state index >= 15 is 0 Å². The topological polar surface area (TPSA) is 83.6 Å². The van der Waals surface area contributed by atoms with Crippen molar-refractivity contribution in [2.75, 3.05) is 30.4 Å². The Labute approximate surface area is 205 Å². The molecule has 1 fully saturated rings. The van der Waals surface area contributed by atoms with E-state index in [1.54, 1.807) is 32.5 Å². The summed E-state index contributed by atoms with van der Waals surface area (Å²) in [4.78, 5) is 32.2. The number of likely N-dealkylation sites (tertiary alicyclic amines) is 1. The largest absolute Gasteiger partial charge is 0.444 e. The Balaban J connectivity index is 1.64. The molecule has 182 valence electrons. The van der Waals surface area contributed by atoms with Crippen molar-refractivity contribution in [1.82, 2.24) is 15.2 Å². The van der Waals surface area contributed by atoms with Gasteiger partial charge in [0.2, 0.25) is 5.91 Å². The van der Waals surface area contributed by atoms with Gasteiger partial charge in [0, 0.05) is 6.54 Å². The number of hydrogen-bond acceptors (Lipinski definition) is 7. The number of alkyl carbamates (subject to hydrolysis) is 1. The van der Waals surface area contributed by atoms with E-state index in [0.717, 1.165) is 41.5 Å². The molecule has 2 heterocycles. The number of thioether (sulfide) groups is 1. The van der Waals surface area contributed by atoms with Crippen LogP contribution < -0.4 is 10.6 Å². The summed E-state index contributed by atoms with van der Waals surface area (Å²) in [5, 5.41) is 6.14. The number of benzene rings is 1. The number of amides is 2. The van der Waals surface area contributed by atoms with E-state index < -0.39 is 17.7 Å². The Morgan fingerprint density at radius 3 is 2.70 bits per heavy atom. The quantitative estimate of drug-likeness (QED) is 0.533. The second-order valence-electron chi connectivity index (χ2n) is 9.75. The molecular formula is C24H36N4O3S2. The molecule has 2 aromatic rings. The van der Waals surface area contributed by atoms with Crippen molar-refractivity contribution >= 4 is 50.4 Å². The monoisotopic (exact) mass is 492 g/mol. The average molecular weight is 493 g/mol. The molecule has 9 heteroatoms. The molecule has 0 saturated carbocycles. The standard InChI is InChI=1S/C24H36N4O3S2/c1-16-8-11-28(12-9-16)15-17-6-7-18-20(14-17)33-22(25-18)27-21(29)19(10-13-32-5)26-23(30)31-24(2,3)4/h6-7,14,16,19H,8-13,15H2,1-5H3,(H,26,30)(H,25,27,29). The maximum atomic E-state index is 12.9. The second kappa shape index (κ2) is 11.5. The predicted molar refractivity (Wildman–Crippen MR) is 138 cm³/mol. The number of ether oxygens (including phenoxy) is 1. The first-order valence-corrected chi connectivity index (χ1v) is 13.7. The minimum absolute atomic E-state index is 0.281. The van der Waals surface area contributed by atoms with E-state index in [-0.39, 0.29) is 5.91 Å². The zero-order valence-corrected chi connectivity index (χ0v) is 21.9. The number of carbonyl (C=O) groups is 2. The zero-order chi connectivity index (χ0) is 24.0. The van der Waals surface area contributed by atoms with Crippen LogP contribution in [0.1, 0.15) is 52.5 Å². The molecule has 0 spiro atoms. The Morgan fingerprint density at radius 2 is 2.03 bits per heavy atom. The third-order valence-corrected chi connectivity index (χ3v) is 7.16. The maximum absolute atomic E-state index is 12.9. The first kappa shape index (κ1) is 25.8. The van der Waals surface area contributed by atoms with Crippen molar-refractivity contribution in [3.8, 4) is 0 Å². The third kappa shape index (κ3) is 8.15. The van der Waals surface area contributed by atoms with Crippen molar-refractivity contribution in [2.24, 2.45) is 5.92 Å². The predicted octanol–water partition coefficient (Wildman–Crippen LogP) is 5.11. The smallest absolute Gasteiger partial charge is 0.408 e. The molecule has 1 aliphatic rings. The molecule has 1 unspecified atom stereocenters. The molecule has 1 saturated heterocycles. The lowest BCUT2D eigenvalue weighted by Crippen LogP contribution is -2.46. The molecular weight excluding hydrogens is 456 g/mol. The van der Waals surface area contributed by atoms with Crippen molar-refractivity contribution in [2.45, 2.75) is 65.1 Å². The number of carbonyl (C=O) groups excluding carboxylic acids is 2. The number of piperidine rings is 1. The van der Waals surface area contributed by atoms with Crippen LogP contribution >= 0.6 is 23.1 Å². The minimum Gasteiger partial charge on any atom is -0.444 e. The number of nitrogens with zero attached hydrogens (tertiary/aromatic N) is 2. The number of nitrogens with one attached hydrogen (secondary N) is 2. The Kier molecular flexibility index (Phi) is 9.01. The second-order valence-corrected chi connectivity index (χ2v) is 11.8. The van der Waals surface area contributed by atoms with Crippen LogP contribution in [0.2, 0.25) is 0 Å². The van der Waals surface area contributed by atoms with Gasteiger partial charge >= 0.3 is 6.09 Å². The van der Waals surface area contributed by atoms with Crippen molar-refractivity contribution in [3.05, 3.63) is 23.8 Å². The van der Waals surface area contributed by atoms with E-state index in [0.29, 0.717) is 11.6 Å². The summed E-state index contributed by atoms with van der Waals surface area (Å²) in [5.74, 6) is 1.28. The number of rotatable bonds is 8. The SMILES string of the molecule is CSCCC(NC(=O)OC(C)(C)C)C(=O)Nc1nc2ccc(CN3CCC(C)CC3)cc2s1. The van der Waals surface area contributed by atoms with Crippen LogP contribution in [0.3, 0.4) is 0 Å². The molecule has 0 bridgehead atoms. The number of anilines is 1. The Morgan fingerprint density at radius 1 is 1.30 bits per heavy atom. The van der Waals surface area contributed by atoms with E-state index in [1.165, 1.54) is 29.7 Å². The van der Waals surface area contributed by atoms with Crippen molar-refractivity contribution in [1.29, 1.82) is 0 Å². The molecule has 1 aliphatic heterocycles. The van der Waals surface area contributed by atoms with Gasteiger partial charge in [0.25, 0.3) is 0 Å². The van der Waals surface area contributed by atoms with Gasteiger partial charge in [-0.15, -0.1) is 0 Å². The van der Waals surface area contributed by atoms with E-state index in [2.05, 4.69) is 39.6 Å². The lowest BCUT2D eigenvalue weighted by Gasteiger charge is -2.30. The molecule has 0 aliphatic carbocycles. The lowest BCUT2D eigenvalue weighted by atomic mass is 9.99. The number of aromatic nitrogens is 1. The van der Waals surface area contributed by atoms with Crippen LogP contribution in [-0.4, -0.2) is 58.6 Å². The molecule has 1 aromatic carbocycles. The molecule has 1 aromatic heterocycles. The van der Waals surface area contributed by atoms with Gasteiger partial charge in [-0.05, 0) is 88.7 Å². The van der Waals surface area contributed by atoms with E-state index in [9.17, 15) is 9.59 Å². The number of hydrogen-bond donors (Lipinski definition) is 2. The summed E-state index contributed by atoms with van der Waals surface area (Å²) in [7, 11) is 0. The number of thiazole rings is 1. The average Bonchev–Trinajstić information content (AvgIpc) is 3.12. The fourth-order valence-electron chi connectivity index (χ4n) is 3.75. The van der Waals surface area contributed by atoms with E-state index in [4.69, 9.17) is 4.74 Å². The van der Waals surface area contributed by atoms with Gasteiger partial charge < -0.3 is 15.4 Å². The van der Waals surface area contributed by atoms with Crippen LogP contribution in [-0.2, 0) is 16.1 Å². The molecule has 33 heavy (non-hydrogen) atoms. The molecule has 1 atom stereocenters. The van der Waals surface area contributed by atoms with Gasteiger partial charge in [-0.3, -0.25) is 9.69 Å². The van der Waals surface area contributed by atoms with E-state index in [1.807, 2.05) is 12.3 Å². The van der Waals surface area contributed by atoms with Gasteiger partial charge in [0.15, 0.2) is 5.13 Å². The molecule has 2 N–H and O–H groups in total. The zero-order valence-electron chi connectivity index (χ0n) is 20.3. The van der Waals surface area contributed by atoms with Crippen LogP contribution in [0.25, 0.3) is 10.2 Å².